The summed E-state index contributed by atoms with van der Waals surface area (Å²) in [5.41, 5.74) is 2.92. The molecular formula is C12H18S. The van der Waals surface area contributed by atoms with Gasteiger partial charge in [-0.15, -0.1) is 11.8 Å². The van der Waals surface area contributed by atoms with Crippen LogP contribution in [0.25, 0.3) is 0 Å². The molecular weight excluding hydrogens is 176 g/mol. The predicted octanol–water partition coefficient (Wildman–Crippen LogP) is 4.09. The summed E-state index contributed by atoms with van der Waals surface area (Å²) in [5, 5.41) is 0. The number of hydrogen-bond acceptors (Lipinski definition) is 1. The first-order valence-electron chi connectivity index (χ1n) is 4.85. The molecule has 0 atom stereocenters. The van der Waals surface area contributed by atoms with Gasteiger partial charge in [-0.05, 0) is 41.9 Å². The Morgan fingerprint density at radius 1 is 1.23 bits per heavy atom. The van der Waals surface area contributed by atoms with Crippen molar-refractivity contribution in [2.45, 2.75) is 38.0 Å². The summed E-state index contributed by atoms with van der Waals surface area (Å²) in [4.78, 5) is 1.39. The maximum Gasteiger partial charge on any atom is 0.00747 e. The Morgan fingerprint density at radius 3 is 2.38 bits per heavy atom. The second-order valence-corrected chi connectivity index (χ2v) is 4.50. The molecule has 0 spiro atoms. The molecule has 13 heavy (non-hydrogen) atoms. The largest absolute Gasteiger partial charge is 0.130 e. The molecule has 0 fully saturated rings. The molecule has 0 aliphatic carbocycles. The Morgan fingerprint density at radius 2 is 1.92 bits per heavy atom. The summed E-state index contributed by atoms with van der Waals surface area (Å²) >= 11 is 1.83. The standard InChI is InChI=1S/C12H18S/c1-5-10-6-11(9(2)3)8-12(7-10)13-4/h6-9H,5H2,1-4H3. The molecule has 0 saturated carbocycles. The van der Waals surface area contributed by atoms with Crippen LogP contribution in [-0.2, 0) is 6.42 Å². The first kappa shape index (κ1) is 10.6. The van der Waals surface area contributed by atoms with E-state index < -0.39 is 0 Å². The monoisotopic (exact) mass is 194 g/mol. The maximum atomic E-state index is 2.32. The van der Waals surface area contributed by atoms with E-state index in [1.165, 1.54) is 16.0 Å². The topological polar surface area (TPSA) is 0 Å². The molecule has 1 rings (SSSR count). The van der Waals surface area contributed by atoms with E-state index in [-0.39, 0.29) is 0 Å². The molecule has 0 N–H and O–H groups in total. The van der Waals surface area contributed by atoms with E-state index in [9.17, 15) is 0 Å². The van der Waals surface area contributed by atoms with Gasteiger partial charge in [-0.3, -0.25) is 0 Å². The average Bonchev–Trinajstić information content (AvgIpc) is 2.16. The van der Waals surface area contributed by atoms with Crippen molar-refractivity contribution in [2.75, 3.05) is 6.26 Å². The fourth-order valence-electron chi connectivity index (χ4n) is 1.34. The van der Waals surface area contributed by atoms with E-state index in [1.54, 1.807) is 0 Å². The predicted molar refractivity (Wildman–Crippen MR) is 61.7 cm³/mol. The smallest absolute Gasteiger partial charge is 0.00747 e. The van der Waals surface area contributed by atoms with Crippen molar-refractivity contribution in [1.29, 1.82) is 0 Å². The summed E-state index contributed by atoms with van der Waals surface area (Å²) in [6.07, 6.45) is 3.27. The van der Waals surface area contributed by atoms with Crippen molar-refractivity contribution in [3.8, 4) is 0 Å². The van der Waals surface area contributed by atoms with Crippen molar-refractivity contribution >= 4 is 11.8 Å². The molecule has 1 heteroatoms. The quantitative estimate of drug-likeness (QED) is 0.653. The molecule has 0 unspecified atom stereocenters. The normalized spacial score (nSPS) is 10.8. The minimum atomic E-state index is 0.636. The molecule has 1 aromatic rings. The maximum absolute atomic E-state index is 2.32. The van der Waals surface area contributed by atoms with E-state index in [0.29, 0.717) is 5.92 Å². The van der Waals surface area contributed by atoms with Crippen LogP contribution in [0.4, 0.5) is 0 Å². The van der Waals surface area contributed by atoms with E-state index in [1.807, 2.05) is 11.8 Å². The average molecular weight is 194 g/mol. The van der Waals surface area contributed by atoms with Crippen LogP contribution in [0.15, 0.2) is 23.1 Å². The lowest BCUT2D eigenvalue weighted by Crippen LogP contribution is -1.91. The van der Waals surface area contributed by atoms with Gasteiger partial charge in [0.2, 0.25) is 0 Å². The van der Waals surface area contributed by atoms with Gasteiger partial charge in [-0.1, -0.05) is 26.8 Å². The molecule has 0 aliphatic heterocycles. The number of hydrogen-bond donors (Lipinski definition) is 0. The summed E-state index contributed by atoms with van der Waals surface area (Å²) in [7, 11) is 0. The minimum Gasteiger partial charge on any atom is -0.130 e. The summed E-state index contributed by atoms with van der Waals surface area (Å²) in [6, 6.07) is 6.91. The van der Waals surface area contributed by atoms with Crippen molar-refractivity contribution < 1.29 is 0 Å². The van der Waals surface area contributed by atoms with Gasteiger partial charge >= 0.3 is 0 Å². The fourth-order valence-corrected chi connectivity index (χ4v) is 1.86. The van der Waals surface area contributed by atoms with Gasteiger partial charge in [0.15, 0.2) is 0 Å². The molecule has 1 aromatic carbocycles. The molecule has 0 aliphatic rings. The van der Waals surface area contributed by atoms with Crippen LogP contribution >= 0.6 is 11.8 Å². The highest BCUT2D eigenvalue weighted by atomic mass is 32.2. The van der Waals surface area contributed by atoms with Crippen LogP contribution in [0.1, 0.15) is 37.8 Å². The Balaban J connectivity index is 3.07. The van der Waals surface area contributed by atoms with E-state index >= 15 is 0 Å². The van der Waals surface area contributed by atoms with Crippen LogP contribution in [0.3, 0.4) is 0 Å². The minimum absolute atomic E-state index is 0.636. The highest BCUT2D eigenvalue weighted by Gasteiger charge is 2.02. The van der Waals surface area contributed by atoms with Crippen LogP contribution in [0.5, 0.6) is 0 Å². The first-order valence-corrected chi connectivity index (χ1v) is 6.07. The summed E-state index contributed by atoms with van der Waals surface area (Å²) in [5.74, 6) is 0.636. The Hall–Kier alpha value is -0.430. The zero-order valence-electron chi connectivity index (χ0n) is 8.92. The number of rotatable bonds is 3. The lowest BCUT2D eigenvalue weighted by Gasteiger charge is -2.09. The molecule has 0 amide bonds. The summed E-state index contributed by atoms with van der Waals surface area (Å²) in [6.45, 7) is 6.71. The van der Waals surface area contributed by atoms with Crippen molar-refractivity contribution in [3.05, 3.63) is 29.3 Å². The first-order chi connectivity index (χ1) is 6.17. The highest BCUT2D eigenvalue weighted by Crippen LogP contribution is 2.24. The van der Waals surface area contributed by atoms with Crippen molar-refractivity contribution in [3.63, 3.8) is 0 Å². The van der Waals surface area contributed by atoms with Gasteiger partial charge in [-0.2, -0.15) is 0 Å². The third-order valence-corrected chi connectivity index (χ3v) is 3.01. The van der Waals surface area contributed by atoms with Crippen LogP contribution < -0.4 is 0 Å². The van der Waals surface area contributed by atoms with Gasteiger partial charge in [0, 0.05) is 4.90 Å². The molecule has 0 aromatic heterocycles. The second kappa shape index (κ2) is 4.71. The van der Waals surface area contributed by atoms with E-state index in [4.69, 9.17) is 0 Å². The molecule has 72 valence electrons. The number of benzene rings is 1. The number of aryl methyl sites for hydroxylation is 1. The van der Waals surface area contributed by atoms with E-state index in [0.717, 1.165) is 6.42 Å². The molecule has 0 nitrogen and oxygen atoms in total. The third kappa shape index (κ3) is 2.77. The molecule has 0 bridgehead atoms. The third-order valence-electron chi connectivity index (χ3n) is 2.30. The van der Waals surface area contributed by atoms with Gasteiger partial charge in [0.25, 0.3) is 0 Å². The van der Waals surface area contributed by atoms with E-state index in [2.05, 4.69) is 45.2 Å². The van der Waals surface area contributed by atoms with Gasteiger partial charge in [0.1, 0.15) is 0 Å². The summed E-state index contributed by atoms with van der Waals surface area (Å²) < 4.78 is 0. The van der Waals surface area contributed by atoms with Crippen LogP contribution in [0, 0.1) is 0 Å². The highest BCUT2D eigenvalue weighted by molar-refractivity contribution is 7.98. The number of thioether (sulfide) groups is 1. The van der Waals surface area contributed by atoms with Gasteiger partial charge in [-0.25, -0.2) is 0 Å². The Labute approximate surface area is 85.7 Å². The molecule has 0 saturated heterocycles. The Kier molecular flexibility index (Phi) is 3.86. The lowest BCUT2D eigenvalue weighted by atomic mass is 10.00. The molecule has 0 heterocycles. The molecule has 0 radical (unpaired) electrons. The lowest BCUT2D eigenvalue weighted by molar-refractivity contribution is 0.857. The van der Waals surface area contributed by atoms with Gasteiger partial charge in [0.05, 0.1) is 0 Å². The zero-order valence-corrected chi connectivity index (χ0v) is 9.74. The van der Waals surface area contributed by atoms with Crippen molar-refractivity contribution in [1.82, 2.24) is 0 Å². The zero-order chi connectivity index (χ0) is 9.84. The second-order valence-electron chi connectivity index (χ2n) is 3.62. The van der Waals surface area contributed by atoms with Crippen LogP contribution in [-0.4, -0.2) is 6.26 Å². The van der Waals surface area contributed by atoms with Gasteiger partial charge < -0.3 is 0 Å². The van der Waals surface area contributed by atoms with Crippen molar-refractivity contribution in [2.24, 2.45) is 0 Å². The fraction of sp³-hybridized carbons (Fsp3) is 0.500. The SMILES string of the molecule is CCc1cc(SC)cc(C(C)C)c1. The van der Waals surface area contributed by atoms with Crippen LogP contribution in [0.2, 0.25) is 0 Å². The Bertz CT molecular complexity index is 254.